The van der Waals surface area contributed by atoms with Crippen molar-refractivity contribution < 1.29 is 20.1 Å². The van der Waals surface area contributed by atoms with Crippen LogP contribution in [0, 0.1) is 6.07 Å². The third kappa shape index (κ3) is 2.26. The molecule has 0 amide bonds. The van der Waals surface area contributed by atoms with Crippen molar-refractivity contribution in [1.82, 2.24) is 4.98 Å². The van der Waals surface area contributed by atoms with Crippen LogP contribution in [0.25, 0.3) is 22.0 Å². The monoisotopic (exact) mass is 503 g/mol. The summed E-state index contributed by atoms with van der Waals surface area (Å²) in [6, 6.07) is 29.3. The number of rotatable bonds is 1. The normalized spacial score (nSPS) is 14.8. The van der Waals surface area contributed by atoms with Gasteiger partial charge in [-0.2, -0.15) is 0 Å². The van der Waals surface area contributed by atoms with E-state index in [9.17, 15) is 0 Å². The fourth-order valence-corrected chi connectivity index (χ4v) is 5.99. The van der Waals surface area contributed by atoms with Crippen molar-refractivity contribution >= 4 is 34.6 Å². The Bertz CT molecular complexity index is 1020. The summed E-state index contributed by atoms with van der Waals surface area (Å²) in [4.78, 5) is 4.69. The minimum atomic E-state index is -0.559. The van der Waals surface area contributed by atoms with Gasteiger partial charge in [-0.25, -0.2) is 0 Å². The quantitative estimate of drug-likeness (QED) is 0.251. The molecule has 1 aromatic heterocycles. The van der Waals surface area contributed by atoms with E-state index in [1.807, 2.05) is 12.3 Å². The van der Waals surface area contributed by atoms with Crippen LogP contribution in [0.2, 0.25) is 0 Å². The molecule has 1 aliphatic rings. The van der Waals surface area contributed by atoms with Gasteiger partial charge in [0.2, 0.25) is 0 Å². The van der Waals surface area contributed by atoms with Gasteiger partial charge >= 0.3 is 0 Å². The van der Waals surface area contributed by atoms with Crippen LogP contribution in [0.5, 0.6) is 0 Å². The Morgan fingerprint density at radius 3 is 2.50 bits per heavy atom. The van der Waals surface area contributed by atoms with Crippen molar-refractivity contribution in [2.24, 2.45) is 0 Å². The van der Waals surface area contributed by atoms with E-state index in [1.54, 1.807) is 0 Å². The minimum Gasteiger partial charge on any atom is -0.304 e. The van der Waals surface area contributed by atoms with Crippen LogP contribution in [0.3, 0.4) is 0 Å². The molecule has 0 saturated carbocycles. The summed E-state index contributed by atoms with van der Waals surface area (Å²) in [6.07, 6.45) is 1.90. The van der Waals surface area contributed by atoms with Gasteiger partial charge in [0.15, 0.2) is 0 Å². The van der Waals surface area contributed by atoms with E-state index in [4.69, 9.17) is 0 Å². The molecule has 0 aliphatic carbocycles. The Labute approximate surface area is 155 Å². The molecule has 0 spiro atoms. The molecule has 24 heavy (non-hydrogen) atoms. The average molecular weight is 503 g/mol. The molecular formula is C21H13IrNP-. The molecule has 0 N–H and O–H groups in total. The van der Waals surface area contributed by atoms with Crippen LogP contribution in [0.4, 0.5) is 0 Å². The van der Waals surface area contributed by atoms with E-state index in [-0.39, 0.29) is 20.1 Å². The molecule has 4 aromatic rings. The van der Waals surface area contributed by atoms with Gasteiger partial charge in [0.1, 0.15) is 0 Å². The molecule has 1 aliphatic heterocycles. The predicted octanol–water partition coefficient (Wildman–Crippen LogP) is 3.77. The first kappa shape index (κ1) is 15.7. The summed E-state index contributed by atoms with van der Waals surface area (Å²) in [7, 11) is -0.559. The molecular weight excluding hydrogens is 489 g/mol. The van der Waals surface area contributed by atoms with Gasteiger partial charge in [-0.05, 0) is 33.1 Å². The van der Waals surface area contributed by atoms with Crippen molar-refractivity contribution in [3.63, 3.8) is 0 Å². The number of hydrogen-bond acceptors (Lipinski definition) is 1. The fraction of sp³-hybridized carbons (Fsp3) is 0. The van der Waals surface area contributed by atoms with E-state index in [0.717, 1.165) is 11.3 Å². The molecule has 1 nitrogen and oxygen atoms in total. The van der Waals surface area contributed by atoms with Crippen molar-refractivity contribution in [3.05, 3.63) is 85.1 Å². The summed E-state index contributed by atoms with van der Waals surface area (Å²) in [5.41, 5.74) is 2.23. The van der Waals surface area contributed by atoms with Gasteiger partial charge in [-0.3, -0.25) is 0 Å². The zero-order valence-electron chi connectivity index (χ0n) is 12.7. The van der Waals surface area contributed by atoms with Gasteiger partial charge in [-0.1, -0.05) is 61.8 Å². The van der Waals surface area contributed by atoms with Gasteiger partial charge < -0.3 is 4.98 Å². The summed E-state index contributed by atoms with van der Waals surface area (Å²) in [5, 5.41) is 6.69. The first-order chi connectivity index (χ1) is 11.4. The number of benzene rings is 3. The second kappa shape index (κ2) is 6.22. The standard InChI is InChI=1S/C21H13NP.Ir/c1-2-8-16(9-3-1)23-18-11-5-4-10-17(18)21-20-15(13-14-22-21)7-6-12-19(20)23;/h1-9,11-14H;/q-1;. The van der Waals surface area contributed by atoms with E-state index in [1.165, 1.54) is 26.7 Å². The molecule has 0 fully saturated rings. The Morgan fingerprint density at radius 2 is 1.62 bits per heavy atom. The molecule has 2 heterocycles. The SMILES string of the molecule is [Ir].[c-]1cccc2c1-c1nccc3cccc(c13)P2c1ccccc1. The molecule has 1 radical (unpaired) electrons. The van der Waals surface area contributed by atoms with Crippen LogP contribution in [0.1, 0.15) is 0 Å². The maximum atomic E-state index is 4.69. The van der Waals surface area contributed by atoms with E-state index in [2.05, 4.69) is 77.8 Å². The first-order valence-corrected chi connectivity index (χ1v) is 9.01. The smallest absolute Gasteiger partial charge is 0.0167 e. The largest absolute Gasteiger partial charge is 0.304 e. The van der Waals surface area contributed by atoms with Gasteiger partial charge in [0, 0.05) is 26.3 Å². The molecule has 117 valence electrons. The van der Waals surface area contributed by atoms with Gasteiger partial charge in [0.25, 0.3) is 0 Å². The summed E-state index contributed by atoms with van der Waals surface area (Å²) < 4.78 is 0. The summed E-state index contributed by atoms with van der Waals surface area (Å²) in [6.45, 7) is 0. The van der Waals surface area contributed by atoms with E-state index < -0.39 is 7.92 Å². The predicted molar refractivity (Wildman–Crippen MR) is 98.3 cm³/mol. The van der Waals surface area contributed by atoms with Gasteiger partial charge in [0.05, 0.1) is 0 Å². The number of aromatic nitrogens is 1. The number of hydrogen-bond donors (Lipinski definition) is 0. The van der Waals surface area contributed by atoms with E-state index >= 15 is 0 Å². The van der Waals surface area contributed by atoms with Crippen molar-refractivity contribution in [1.29, 1.82) is 0 Å². The average Bonchev–Trinajstić information content (AvgIpc) is 2.63. The Morgan fingerprint density at radius 1 is 0.792 bits per heavy atom. The van der Waals surface area contributed by atoms with Crippen molar-refractivity contribution in [2.45, 2.75) is 0 Å². The molecule has 0 saturated heterocycles. The maximum Gasteiger partial charge on any atom is 0.0167 e. The second-order valence-electron chi connectivity index (χ2n) is 5.64. The van der Waals surface area contributed by atoms with Gasteiger partial charge in [-0.15, -0.1) is 29.8 Å². The number of fused-ring (bicyclic) bond motifs is 2. The van der Waals surface area contributed by atoms with E-state index in [0.29, 0.717) is 0 Å². The van der Waals surface area contributed by atoms with Crippen LogP contribution in [0.15, 0.2) is 79.0 Å². The topological polar surface area (TPSA) is 12.9 Å². The fourth-order valence-electron chi connectivity index (χ4n) is 3.38. The van der Waals surface area contributed by atoms with Crippen LogP contribution in [-0.2, 0) is 20.1 Å². The number of pyridine rings is 1. The minimum absolute atomic E-state index is 0. The van der Waals surface area contributed by atoms with Crippen molar-refractivity contribution in [3.8, 4) is 11.3 Å². The third-order valence-corrected chi connectivity index (χ3v) is 6.86. The zero-order chi connectivity index (χ0) is 15.2. The molecule has 1 unspecified atom stereocenters. The second-order valence-corrected chi connectivity index (χ2v) is 7.79. The molecule has 1 atom stereocenters. The van der Waals surface area contributed by atoms with Crippen LogP contribution >= 0.6 is 7.92 Å². The molecule has 5 rings (SSSR count). The Hall–Kier alpha value is -1.85. The third-order valence-electron chi connectivity index (χ3n) is 4.34. The Balaban J connectivity index is 0.00000146. The number of nitrogens with zero attached hydrogens (tertiary/aromatic N) is 1. The maximum absolute atomic E-state index is 4.69. The summed E-state index contributed by atoms with van der Waals surface area (Å²) >= 11 is 0. The molecule has 3 aromatic carbocycles. The summed E-state index contributed by atoms with van der Waals surface area (Å²) in [5.74, 6) is 0. The molecule has 3 heteroatoms. The molecule has 0 bridgehead atoms. The van der Waals surface area contributed by atoms with Crippen LogP contribution in [-0.4, -0.2) is 4.98 Å². The van der Waals surface area contributed by atoms with Crippen molar-refractivity contribution in [2.75, 3.05) is 0 Å². The van der Waals surface area contributed by atoms with Crippen LogP contribution < -0.4 is 15.9 Å². The Kier molecular flexibility index (Phi) is 4.06. The first-order valence-electron chi connectivity index (χ1n) is 7.67. The zero-order valence-corrected chi connectivity index (χ0v) is 16.0.